The summed E-state index contributed by atoms with van der Waals surface area (Å²) in [5.41, 5.74) is 6.04. The van der Waals surface area contributed by atoms with Crippen LogP contribution < -0.4 is 4.90 Å². The normalized spacial score (nSPS) is 15.9. The Balaban J connectivity index is 0.000000937. The Morgan fingerprint density at radius 2 is 1.45 bits per heavy atom. The highest BCUT2D eigenvalue weighted by Crippen LogP contribution is 2.49. The molecule has 0 atom stereocenters. The number of hydrogen-bond acceptors (Lipinski definition) is 6. The van der Waals surface area contributed by atoms with Crippen LogP contribution >= 0.6 is 0 Å². The first-order valence-corrected chi connectivity index (χ1v) is 12.6. The van der Waals surface area contributed by atoms with Gasteiger partial charge in [-0.1, -0.05) is 54.6 Å². The van der Waals surface area contributed by atoms with Crippen molar-refractivity contribution in [3.63, 3.8) is 0 Å². The Hall–Kier alpha value is -4.45. The zero-order valence-corrected chi connectivity index (χ0v) is 21.2. The number of benzene rings is 2. The summed E-state index contributed by atoms with van der Waals surface area (Å²) in [4.78, 5) is 43.8. The lowest BCUT2D eigenvalue weighted by molar-refractivity contribution is -0.191. The van der Waals surface area contributed by atoms with E-state index in [2.05, 4.69) is 58.2 Å². The van der Waals surface area contributed by atoms with Crippen LogP contribution in [0.1, 0.15) is 29.7 Å². The van der Waals surface area contributed by atoms with Gasteiger partial charge in [0.25, 0.3) is 0 Å². The van der Waals surface area contributed by atoms with Crippen LogP contribution in [0.25, 0.3) is 11.1 Å². The van der Waals surface area contributed by atoms with E-state index in [1.165, 1.54) is 5.56 Å². The fourth-order valence-electron chi connectivity index (χ4n) is 5.52. The molecule has 0 saturated carbocycles. The van der Waals surface area contributed by atoms with E-state index in [1.807, 2.05) is 53.6 Å². The molecule has 4 aromatic rings. The SMILES string of the molecule is Cc1cccnc1CN1CCC2(CC1)C(=O)N(c1ccc(-c3ccccc3)cc1)c1ncccc12.O=C=O. The molecule has 0 N–H and O–H groups in total. The van der Waals surface area contributed by atoms with Crippen LogP contribution in [0.5, 0.6) is 0 Å². The van der Waals surface area contributed by atoms with E-state index in [4.69, 9.17) is 9.59 Å². The lowest BCUT2D eigenvalue weighted by Crippen LogP contribution is -2.47. The zero-order valence-electron chi connectivity index (χ0n) is 21.2. The first-order valence-electron chi connectivity index (χ1n) is 12.6. The van der Waals surface area contributed by atoms with E-state index in [9.17, 15) is 4.79 Å². The van der Waals surface area contributed by atoms with Gasteiger partial charge in [0, 0.05) is 24.5 Å². The molecule has 2 aromatic heterocycles. The first kappa shape index (κ1) is 25.2. The molecule has 7 nitrogen and oxygen atoms in total. The van der Waals surface area contributed by atoms with Crippen LogP contribution in [0.3, 0.4) is 0 Å². The number of fused-ring (bicyclic) bond motifs is 2. The molecule has 0 bridgehead atoms. The van der Waals surface area contributed by atoms with Crippen molar-refractivity contribution in [3.05, 3.63) is 108 Å². The highest BCUT2D eigenvalue weighted by Gasteiger charge is 2.53. The number of aryl methyl sites for hydroxylation is 1. The summed E-state index contributed by atoms with van der Waals surface area (Å²) >= 11 is 0. The summed E-state index contributed by atoms with van der Waals surface area (Å²) in [5.74, 6) is 0.923. The van der Waals surface area contributed by atoms with Crippen molar-refractivity contribution in [1.82, 2.24) is 14.9 Å². The fraction of sp³-hybridized carbons (Fsp3) is 0.226. The molecule has 2 aliphatic heterocycles. The minimum atomic E-state index is -0.517. The van der Waals surface area contributed by atoms with Gasteiger partial charge < -0.3 is 0 Å². The average Bonchev–Trinajstić information content (AvgIpc) is 3.19. The van der Waals surface area contributed by atoms with Gasteiger partial charge in [0.05, 0.1) is 16.8 Å². The van der Waals surface area contributed by atoms with Crippen molar-refractivity contribution in [1.29, 1.82) is 0 Å². The van der Waals surface area contributed by atoms with Gasteiger partial charge in [-0.05, 0) is 73.8 Å². The summed E-state index contributed by atoms with van der Waals surface area (Å²) in [6, 6.07) is 26.7. The molecule has 4 heterocycles. The summed E-state index contributed by atoms with van der Waals surface area (Å²) in [6.45, 7) is 4.65. The van der Waals surface area contributed by atoms with Gasteiger partial charge in [0.2, 0.25) is 5.91 Å². The number of pyridine rings is 2. The zero-order chi connectivity index (χ0) is 26.5. The highest BCUT2D eigenvalue weighted by molar-refractivity contribution is 6.12. The largest absolute Gasteiger partial charge is 0.373 e. The Morgan fingerprint density at radius 1 is 0.816 bits per heavy atom. The van der Waals surface area contributed by atoms with Crippen LogP contribution in [0.4, 0.5) is 11.5 Å². The number of nitrogens with zero attached hydrogens (tertiary/aromatic N) is 4. The van der Waals surface area contributed by atoms with E-state index in [1.54, 1.807) is 6.20 Å². The van der Waals surface area contributed by atoms with Crippen molar-refractivity contribution in [2.45, 2.75) is 31.7 Å². The number of piperidine rings is 1. The number of anilines is 2. The monoisotopic (exact) mass is 504 g/mol. The second-order valence-corrected chi connectivity index (χ2v) is 9.64. The topological polar surface area (TPSA) is 83.5 Å². The van der Waals surface area contributed by atoms with Gasteiger partial charge in [-0.15, -0.1) is 0 Å². The number of rotatable bonds is 4. The Bertz CT molecular complexity index is 1460. The van der Waals surface area contributed by atoms with Crippen LogP contribution in [-0.4, -0.2) is 40.0 Å². The minimum absolute atomic E-state index is 0.146. The first-order chi connectivity index (χ1) is 18.6. The molecular weight excluding hydrogens is 476 g/mol. The molecule has 2 aromatic carbocycles. The maximum Gasteiger partial charge on any atom is 0.373 e. The third kappa shape index (κ3) is 4.65. The van der Waals surface area contributed by atoms with Crippen molar-refractivity contribution in [2.75, 3.05) is 18.0 Å². The molecule has 1 saturated heterocycles. The van der Waals surface area contributed by atoms with E-state index < -0.39 is 5.41 Å². The summed E-state index contributed by atoms with van der Waals surface area (Å²) in [5, 5.41) is 0. The van der Waals surface area contributed by atoms with Gasteiger partial charge in [-0.3, -0.25) is 19.6 Å². The Kier molecular flexibility index (Phi) is 7.22. The summed E-state index contributed by atoms with van der Waals surface area (Å²) in [6.07, 6.45) is 5.47. The molecule has 1 fully saturated rings. The predicted molar refractivity (Wildman–Crippen MR) is 143 cm³/mol. The second-order valence-electron chi connectivity index (χ2n) is 9.64. The van der Waals surface area contributed by atoms with Crippen LogP contribution in [0, 0.1) is 6.92 Å². The van der Waals surface area contributed by atoms with Gasteiger partial charge in [-0.25, -0.2) is 4.98 Å². The molecular formula is C31H28N4O3. The molecule has 38 heavy (non-hydrogen) atoms. The number of carbonyl (C=O) groups is 1. The number of aromatic nitrogens is 2. The predicted octanol–water partition coefficient (Wildman–Crippen LogP) is 5.08. The third-order valence-corrected chi connectivity index (χ3v) is 7.56. The quantitative estimate of drug-likeness (QED) is 0.385. The van der Waals surface area contributed by atoms with E-state index in [-0.39, 0.29) is 12.1 Å². The van der Waals surface area contributed by atoms with Crippen molar-refractivity contribution in [3.8, 4) is 11.1 Å². The molecule has 0 unspecified atom stereocenters. The van der Waals surface area contributed by atoms with E-state index >= 15 is 0 Å². The van der Waals surface area contributed by atoms with E-state index in [0.717, 1.165) is 66.4 Å². The molecule has 0 radical (unpaired) electrons. The Morgan fingerprint density at radius 3 is 2.13 bits per heavy atom. The van der Waals surface area contributed by atoms with Gasteiger partial charge in [0.1, 0.15) is 5.82 Å². The standard InChI is InChI=1S/C30H28N4O.CO2/c1-22-7-5-17-31-27(22)21-33-19-15-30(16-20-33)26-10-6-18-32-28(26)34(29(30)35)25-13-11-24(12-14-25)23-8-3-2-4-9-23;2-1-3/h2-14,17-18H,15-16,19-21H2,1H3;. The number of hydrogen-bond donors (Lipinski definition) is 0. The molecule has 0 aliphatic carbocycles. The van der Waals surface area contributed by atoms with Gasteiger partial charge in [0.15, 0.2) is 0 Å². The van der Waals surface area contributed by atoms with Crippen molar-refractivity contribution < 1.29 is 14.4 Å². The van der Waals surface area contributed by atoms with Crippen molar-refractivity contribution >= 4 is 23.6 Å². The van der Waals surface area contributed by atoms with Crippen LogP contribution in [0.2, 0.25) is 0 Å². The molecule has 190 valence electrons. The molecule has 1 amide bonds. The van der Waals surface area contributed by atoms with Gasteiger partial charge in [-0.2, -0.15) is 9.59 Å². The fourth-order valence-corrected chi connectivity index (χ4v) is 5.52. The maximum atomic E-state index is 14.1. The Labute approximate surface area is 221 Å². The minimum Gasteiger partial charge on any atom is -0.297 e. The highest BCUT2D eigenvalue weighted by atomic mass is 16.2. The smallest absolute Gasteiger partial charge is 0.297 e. The lowest BCUT2D eigenvalue weighted by atomic mass is 9.74. The number of likely N-dealkylation sites (tertiary alicyclic amines) is 1. The number of carbonyl (C=O) groups excluding carboxylic acids is 3. The molecule has 1 spiro atoms. The van der Waals surface area contributed by atoms with Crippen LogP contribution in [-0.2, 0) is 26.3 Å². The summed E-state index contributed by atoms with van der Waals surface area (Å²) < 4.78 is 0. The molecule has 7 heteroatoms. The summed E-state index contributed by atoms with van der Waals surface area (Å²) in [7, 11) is 0. The maximum absolute atomic E-state index is 14.1. The van der Waals surface area contributed by atoms with Crippen molar-refractivity contribution in [2.24, 2.45) is 0 Å². The van der Waals surface area contributed by atoms with E-state index in [0.29, 0.717) is 0 Å². The van der Waals surface area contributed by atoms with Gasteiger partial charge >= 0.3 is 6.15 Å². The van der Waals surface area contributed by atoms with Crippen LogP contribution in [0.15, 0.2) is 91.3 Å². The number of amides is 1. The lowest BCUT2D eigenvalue weighted by Gasteiger charge is -2.38. The average molecular weight is 505 g/mol. The second kappa shape index (κ2) is 10.9. The third-order valence-electron chi connectivity index (χ3n) is 7.56. The molecule has 6 rings (SSSR count). The molecule has 2 aliphatic rings.